The van der Waals surface area contributed by atoms with Gasteiger partial charge in [0, 0.05) is 16.5 Å². The molecule has 3 aromatic carbocycles. The van der Waals surface area contributed by atoms with Crippen LogP contribution in [0.3, 0.4) is 0 Å². The Bertz CT molecular complexity index is 1090. The summed E-state index contributed by atoms with van der Waals surface area (Å²) in [6.45, 7) is 15.9. The number of fused-ring (bicyclic) bond motifs is 3. The Labute approximate surface area is 169 Å². The Balaban J connectivity index is 2.11. The molecular formula is C27H31N. The molecule has 0 saturated heterocycles. The quantitative estimate of drug-likeness (QED) is 0.324. The summed E-state index contributed by atoms with van der Waals surface area (Å²) in [4.78, 5) is 0. The van der Waals surface area contributed by atoms with E-state index in [1.807, 2.05) is 0 Å². The largest absolute Gasteiger partial charge is 0.309 e. The predicted molar refractivity (Wildman–Crippen MR) is 123 cm³/mol. The number of aryl methyl sites for hydroxylation is 1. The van der Waals surface area contributed by atoms with Gasteiger partial charge in [-0.05, 0) is 65.3 Å². The Kier molecular flexibility index (Phi) is 4.19. The zero-order valence-corrected chi connectivity index (χ0v) is 18.2. The van der Waals surface area contributed by atoms with E-state index in [0.717, 1.165) is 0 Å². The maximum atomic E-state index is 2.41. The number of hydrogen-bond donors (Lipinski definition) is 0. The summed E-state index contributed by atoms with van der Waals surface area (Å²) in [6, 6.07) is 22.8. The van der Waals surface area contributed by atoms with Crippen molar-refractivity contribution in [3.05, 3.63) is 77.4 Å². The first-order valence-electron chi connectivity index (χ1n) is 10.2. The lowest BCUT2D eigenvalue weighted by molar-refractivity contribution is 0.590. The van der Waals surface area contributed by atoms with E-state index in [9.17, 15) is 0 Å². The zero-order valence-electron chi connectivity index (χ0n) is 18.2. The molecule has 1 heterocycles. The van der Waals surface area contributed by atoms with Crippen molar-refractivity contribution in [1.82, 2.24) is 4.57 Å². The van der Waals surface area contributed by atoms with E-state index in [1.54, 1.807) is 0 Å². The molecule has 0 atom stereocenters. The molecule has 0 saturated carbocycles. The average molecular weight is 370 g/mol. The van der Waals surface area contributed by atoms with E-state index in [0.29, 0.717) is 0 Å². The van der Waals surface area contributed by atoms with E-state index in [2.05, 4.69) is 114 Å². The highest BCUT2D eigenvalue weighted by atomic mass is 15.0. The molecule has 0 aliphatic rings. The van der Waals surface area contributed by atoms with Gasteiger partial charge in [-0.2, -0.15) is 0 Å². The molecule has 28 heavy (non-hydrogen) atoms. The summed E-state index contributed by atoms with van der Waals surface area (Å²) in [7, 11) is 0. The first-order chi connectivity index (χ1) is 13.1. The lowest BCUT2D eigenvalue weighted by atomic mass is 9.85. The maximum absolute atomic E-state index is 2.41. The highest BCUT2D eigenvalue weighted by Crippen LogP contribution is 2.37. The van der Waals surface area contributed by atoms with Gasteiger partial charge in [-0.25, -0.2) is 0 Å². The Morgan fingerprint density at radius 3 is 1.39 bits per heavy atom. The molecule has 0 unspecified atom stereocenters. The van der Waals surface area contributed by atoms with Gasteiger partial charge in [0.05, 0.1) is 11.0 Å². The molecular weight excluding hydrogens is 338 g/mol. The second-order valence-corrected chi connectivity index (χ2v) is 10.1. The van der Waals surface area contributed by atoms with Crippen molar-refractivity contribution < 1.29 is 0 Å². The lowest BCUT2D eigenvalue weighted by Crippen LogP contribution is -2.10. The van der Waals surface area contributed by atoms with Crippen molar-refractivity contribution in [3.8, 4) is 5.69 Å². The van der Waals surface area contributed by atoms with Crippen LogP contribution in [0.4, 0.5) is 0 Å². The number of benzene rings is 3. The van der Waals surface area contributed by atoms with Crippen LogP contribution in [-0.2, 0) is 10.8 Å². The molecule has 1 aromatic heterocycles. The van der Waals surface area contributed by atoms with Crippen molar-refractivity contribution >= 4 is 21.8 Å². The summed E-state index contributed by atoms with van der Waals surface area (Å²) in [6.07, 6.45) is 0. The SMILES string of the molecule is Cc1ccc(-n2c3ccc(C(C)(C)C)cc3c3cc(C(C)(C)C)ccc32)cc1. The van der Waals surface area contributed by atoms with Gasteiger partial charge in [-0.15, -0.1) is 0 Å². The molecule has 0 bridgehead atoms. The molecule has 0 aliphatic heterocycles. The van der Waals surface area contributed by atoms with E-state index in [-0.39, 0.29) is 10.8 Å². The molecule has 0 N–H and O–H groups in total. The average Bonchev–Trinajstić information content (AvgIpc) is 2.94. The maximum Gasteiger partial charge on any atom is 0.0541 e. The van der Waals surface area contributed by atoms with E-state index in [4.69, 9.17) is 0 Å². The van der Waals surface area contributed by atoms with E-state index < -0.39 is 0 Å². The summed E-state index contributed by atoms with van der Waals surface area (Å²) < 4.78 is 2.41. The smallest absolute Gasteiger partial charge is 0.0541 e. The second kappa shape index (κ2) is 6.24. The van der Waals surface area contributed by atoms with Gasteiger partial charge < -0.3 is 4.57 Å². The molecule has 0 aliphatic carbocycles. The van der Waals surface area contributed by atoms with Crippen molar-refractivity contribution in [1.29, 1.82) is 0 Å². The third-order valence-corrected chi connectivity index (χ3v) is 5.79. The number of hydrogen-bond acceptors (Lipinski definition) is 0. The topological polar surface area (TPSA) is 4.93 Å². The number of nitrogens with zero attached hydrogens (tertiary/aromatic N) is 1. The van der Waals surface area contributed by atoms with Gasteiger partial charge in [-0.1, -0.05) is 71.4 Å². The first-order valence-corrected chi connectivity index (χ1v) is 10.2. The molecule has 1 heteroatoms. The Morgan fingerprint density at radius 2 is 1.00 bits per heavy atom. The van der Waals surface area contributed by atoms with Crippen LogP contribution < -0.4 is 0 Å². The fourth-order valence-electron chi connectivity index (χ4n) is 3.93. The van der Waals surface area contributed by atoms with Crippen LogP contribution in [0.25, 0.3) is 27.5 Å². The molecule has 4 aromatic rings. The lowest BCUT2D eigenvalue weighted by Gasteiger charge is -2.19. The van der Waals surface area contributed by atoms with Crippen molar-refractivity contribution in [2.45, 2.75) is 59.3 Å². The van der Waals surface area contributed by atoms with Gasteiger partial charge in [0.15, 0.2) is 0 Å². The summed E-state index contributed by atoms with van der Waals surface area (Å²) in [5.41, 5.74) is 8.08. The van der Waals surface area contributed by atoms with Crippen molar-refractivity contribution in [3.63, 3.8) is 0 Å². The molecule has 0 fully saturated rings. The minimum Gasteiger partial charge on any atom is -0.309 e. The van der Waals surface area contributed by atoms with Crippen molar-refractivity contribution in [2.75, 3.05) is 0 Å². The third kappa shape index (κ3) is 3.13. The summed E-state index contributed by atoms with van der Waals surface area (Å²) >= 11 is 0. The monoisotopic (exact) mass is 369 g/mol. The molecule has 4 rings (SSSR count). The normalized spacial score (nSPS) is 12.8. The fourth-order valence-corrected chi connectivity index (χ4v) is 3.93. The minimum absolute atomic E-state index is 0.133. The predicted octanol–water partition coefficient (Wildman–Crippen LogP) is 7.69. The van der Waals surface area contributed by atoms with Crippen LogP contribution in [-0.4, -0.2) is 4.57 Å². The minimum atomic E-state index is 0.133. The molecule has 0 radical (unpaired) electrons. The highest BCUT2D eigenvalue weighted by molar-refractivity contribution is 6.09. The summed E-state index contributed by atoms with van der Waals surface area (Å²) in [5.74, 6) is 0. The van der Waals surface area contributed by atoms with Gasteiger partial charge in [0.1, 0.15) is 0 Å². The highest BCUT2D eigenvalue weighted by Gasteiger charge is 2.20. The summed E-state index contributed by atoms with van der Waals surface area (Å²) in [5, 5.41) is 2.68. The Morgan fingerprint density at radius 1 is 0.571 bits per heavy atom. The van der Waals surface area contributed by atoms with Gasteiger partial charge in [0.25, 0.3) is 0 Å². The van der Waals surface area contributed by atoms with Crippen LogP contribution in [0.5, 0.6) is 0 Å². The zero-order chi connectivity index (χ0) is 20.3. The van der Waals surface area contributed by atoms with E-state index in [1.165, 1.54) is 44.2 Å². The van der Waals surface area contributed by atoms with Crippen LogP contribution in [0.15, 0.2) is 60.7 Å². The fraction of sp³-hybridized carbons (Fsp3) is 0.333. The van der Waals surface area contributed by atoms with Crippen LogP contribution in [0.2, 0.25) is 0 Å². The van der Waals surface area contributed by atoms with Gasteiger partial charge in [0.2, 0.25) is 0 Å². The van der Waals surface area contributed by atoms with E-state index >= 15 is 0 Å². The van der Waals surface area contributed by atoms with Crippen LogP contribution in [0, 0.1) is 6.92 Å². The second-order valence-electron chi connectivity index (χ2n) is 10.1. The van der Waals surface area contributed by atoms with Crippen molar-refractivity contribution in [2.24, 2.45) is 0 Å². The standard InChI is InChI=1S/C27H31N/c1-18-8-12-21(13-9-18)28-24-14-10-19(26(2,3)4)16-22(24)23-17-20(27(5,6)7)11-15-25(23)28/h8-17H,1-7H3. The molecule has 0 spiro atoms. The van der Waals surface area contributed by atoms with Crippen LogP contribution >= 0.6 is 0 Å². The first kappa shape index (κ1) is 18.8. The Hall–Kier alpha value is -2.54. The third-order valence-electron chi connectivity index (χ3n) is 5.79. The molecule has 144 valence electrons. The molecule has 0 amide bonds. The molecule has 1 nitrogen and oxygen atoms in total. The number of aromatic nitrogens is 1. The number of rotatable bonds is 1. The van der Waals surface area contributed by atoms with Gasteiger partial charge in [-0.3, -0.25) is 0 Å². The van der Waals surface area contributed by atoms with Gasteiger partial charge >= 0.3 is 0 Å². The van der Waals surface area contributed by atoms with Crippen LogP contribution in [0.1, 0.15) is 58.2 Å².